The number of methoxy groups -OCH3 is 2. The highest BCUT2D eigenvalue weighted by Gasteiger charge is 2.29. The molecule has 2 N–H and O–H groups in total. The highest BCUT2D eigenvalue weighted by Crippen LogP contribution is 2.42. The van der Waals surface area contributed by atoms with E-state index in [0.29, 0.717) is 22.9 Å². The molecule has 0 aliphatic rings. The van der Waals surface area contributed by atoms with E-state index in [9.17, 15) is 9.59 Å². The van der Waals surface area contributed by atoms with Crippen LogP contribution < -0.4 is 9.47 Å². The first-order chi connectivity index (χ1) is 13.9. The molecule has 0 atom stereocenters. The second-order valence-electron chi connectivity index (χ2n) is 7.18. The fourth-order valence-electron chi connectivity index (χ4n) is 3.81. The molecule has 0 bridgehead atoms. The molecule has 0 radical (unpaired) electrons. The van der Waals surface area contributed by atoms with Crippen LogP contribution in [-0.4, -0.2) is 36.8 Å². The van der Waals surface area contributed by atoms with E-state index < -0.39 is 0 Å². The lowest BCUT2D eigenvalue weighted by atomic mass is 9.87. The van der Waals surface area contributed by atoms with Gasteiger partial charge < -0.3 is 19.4 Å². The minimum Gasteiger partial charge on any atom is -0.497 e. The second kappa shape index (κ2) is 7.99. The maximum atomic E-state index is 11.6. The molecule has 6 heteroatoms. The molecule has 0 fully saturated rings. The Labute approximate surface area is 170 Å². The lowest BCUT2D eigenvalue weighted by molar-refractivity contribution is 0.111. The van der Waals surface area contributed by atoms with Gasteiger partial charge in [0.2, 0.25) is 0 Å². The fourth-order valence-corrected chi connectivity index (χ4v) is 3.81. The first-order valence-electron chi connectivity index (χ1n) is 9.38. The van der Waals surface area contributed by atoms with E-state index >= 15 is 0 Å². The number of carbonyl (C=O) groups is 2. The van der Waals surface area contributed by atoms with Gasteiger partial charge in [0.25, 0.3) is 0 Å². The predicted molar refractivity (Wildman–Crippen MR) is 112 cm³/mol. The second-order valence-corrected chi connectivity index (χ2v) is 7.18. The van der Waals surface area contributed by atoms with Crippen LogP contribution in [0.25, 0.3) is 0 Å². The van der Waals surface area contributed by atoms with Gasteiger partial charge in [-0.05, 0) is 68.1 Å². The van der Waals surface area contributed by atoms with E-state index in [-0.39, 0.29) is 5.92 Å². The number of aromatic amines is 2. The normalized spacial score (nSPS) is 11.0. The van der Waals surface area contributed by atoms with Crippen LogP contribution in [0.5, 0.6) is 11.5 Å². The van der Waals surface area contributed by atoms with E-state index in [4.69, 9.17) is 9.47 Å². The Kier molecular flexibility index (Phi) is 5.64. The third kappa shape index (κ3) is 3.35. The monoisotopic (exact) mass is 394 g/mol. The summed E-state index contributed by atoms with van der Waals surface area (Å²) in [5, 5.41) is 0. The number of benzene rings is 1. The van der Waals surface area contributed by atoms with Crippen molar-refractivity contribution in [2.75, 3.05) is 14.2 Å². The molecule has 3 rings (SSSR count). The van der Waals surface area contributed by atoms with E-state index in [1.54, 1.807) is 14.2 Å². The molecule has 152 valence electrons. The van der Waals surface area contributed by atoms with Crippen molar-refractivity contribution in [1.29, 1.82) is 0 Å². The molecule has 2 heterocycles. The van der Waals surface area contributed by atoms with E-state index in [1.807, 2.05) is 45.9 Å². The molecule has 6 nitrogen and oxygen atoms in total. The van der Waals surface area contributed by atoms with Crippen LogP contribution in [0.15, 0.2) is 18.2 Å². The van der Waals surface area contributed by atoms with E-state index in [2.05, 4.69) is 9.97 Å². The molecule has 3 aromatic rings. The number of aromatic nitrogens is 2. The van der Waals surface area contributed by atoms with Crippen molar-refractivity contribution in [2.24, 2.45) is 0 Å². The van der Waals surface area contributed by atoms with Gasteiger partial charge in [0.05, 0.1) is 31.5 Å². The molecule has 0 aliphatic carbocycles. The minimum atomic E-state index is -0.306. The number of rotatable bonds is 7. The molecule has 1 aromatic carbocycles. The Morgan fingerprint density at radius 2 is 1.31 bits per heavy atom. The van der Waals surface area contributed by atoms with Crippen LogP contribution in [0, 0.1) is 27.7 Å². The van der Waals surface area contributed by atoms with Crippen molar-refractivity contribution in [3.05, 3.63) is 68.8 Å². The zero-order valence-electron chi connectivity index (χ0n) is 17.6. The van der Waals surface area contributed by atoms with Crippen molar-refractivity contribution < 1.29 is 19.1 Å². The number of carbonyl (C=O) groups excluding carboxylic acids is 2. The lowest BCUT2D eigenvalue weighted by Gasteiger charge is -2.21. The van der Waals surface area contributed by atoms with Crippen LogP contribution in [-0.2, 0) is 0 Å². The zero-order chi connectivity index (χ0) is 21.3. The molecular formula is C23H26N2O4. The lowest BCUT2D eigenvalue weighted by Crippen LogP contribution is -2.10. The van der Waals surface area contributed by atoms with Crippen LogP contribution in [0.3, 0.4) is 0 Å². The summed E-state index contributed by atoms with van der Waals surface area (Å²) >= 11 is 0. The Bertz CT molecular complexity index is 1020. The zero-order valence-corrected chi connectivity index (χ0v) is 17.6. The summed E-state index contributed by atoms with van der Waals surface area (Å²) in [7, 11) is 3.24. The average molecular weight is 394 g/mol. The van der Waals surface area contributed by atoms with E-state index in [0.717, 1.165) is 51.8 Å². The summed E-state index contributed by atoms with van der Waals surface area (Å²) in [6.45, 7) is 7.81. The molecule has 0 aliphatic heterocycles. The van der Waals surface area contributed by atoms with Crippen molar-refractivity contribution in [3.63, 3.8) is 0 Å². The standard InChI is InChI=1S/C23H26N2O4/c1-12-14(3)22(24-18(12)10-26)21(23-15(4)13(2)19(11-27)25-23)17-9-16(28-5)7-8-20(17)29-6/h7-11,21,24-25H,1-6H3. The Morgan fingerprint density at radius 3 is 1.69 bits per heavy atom. The molecule has 0 saturated heterocycles. The molecule has 0 saturated carbocycles. The number of hydrogen-bond acceptors (Lipinski definition) is 4. The summed E-state index contributed by atoms with van der Waals surface area (Å²) in [4.78, 5) is 29.7. The average Bonchev–Trinajstić information content (AvgIpc) is 3.19. The van der Waals surface area contributed by atoms with Crippen LogP contribution >= 0.6 is 0 Å². The smallest absolute Gasteiger partial charge is 0.166 e. The van der Waals surface area contributed by atoms with Crippen LogP contribution in [0.2, 0.25) is 0 Å². The van der Waals surface area contributed by atoms with Crippen molar-refractivity contribution >= 4 is 12.6 Å². The van der Waals surface area contributed by atoms with Crippen molar-refractivity contribution in [3.8, 4) is 11.5 Å². The molecule has 0 amide bonds. The van der Waals surface area contributed by atoms with Crippen LogP contribution in [0.1, 0.15) is 66.1 Å². The van der Waals surface area contributed by atoms with Gasteiger partial charge in [0, 0.05) is 17.0 Å². The maximum Gasteiger partial charge on any atom is 0.166 e. The molecule has 0 unspecified atom stereocenters. The number of nitrogens with one attached hydrogen (secondary N) is 2. The van der Waals surface area contributed by atoms with Gasteiger partial charge in [-0.15, -0.1) is 0 Å². The first kappa shape index (κ1) is 20.5. The summed E-state index contributed by atoms with van der Waals surface area (Å²) in [5.74, 6) is 1.08. The predicted octanol–water partition coefficient (Wildman–Crippen LogP) is 4.40. The Hall–Kier alpha value is -3.28. The number of hydrogen-bond donors (Lipinski definition) is 2. The van der Waals surface area contributed by atoms with Crippen LogP contribution in [0.4, 0.5) is 0 Å². The number of aldehydes is 2. The van der Waals surface area contributed by atoms with Gasteiger partial charge in [-0.3, -0.25) is 9.59 Å². The fraction of sp³-hybridized carbons (Fsp3) is 0.304. The van der Waals surface area contributed by atoms with E-state index in [1.165, 1.54) is 0 Å². The number of ether oxygens (including phenoxy) is 2. The SMILES string of the molecule is COc1ccc(OC)c(C(c2[nH]c(C=O)c(C)c2C)c2[nH]c(C=O)c(C)c2C)c1. The quantitative estimate of drug-likeness (QED) is 0.582. The van der Waals surface area contributed by atoms with Gasteiger partial charge in [-0.25, -0.2) is 0 Å². The summed E-state index contributed by atoms with van der Waals surface area (Å²) < 4.78 is 11.1. The van der Waals surface area contributed by atoms with Gasteiger partial charge in [-0.1, -0.05) is 0 Å². The van der Waals surface area contributed by atoms with Crippen molar-refractivity contribution in [2.45, 2.75) is 33.6 Å². The Morgan fingerprint density at radius 1 is 0.793 bits per heavy atom. The summed E-state index contributed by atoms with van der Waals surface area (Å²) in [6, 6.07) is 5.63. The van der Waals surface area contributed by atoms with Gasteiger partial charge in [-0.2, -0.15) is 0 Å². The highest BCUT2D eigenvalue weighted by atomic mass is 16.5. The summed E-state index contributed by atoms with van der Waals surface area (Å²) in [5.41, 5.74) is 7.48. The third-order valence-electron chi connectivity index (χ3n) is 5.84. The largest absolute Gasteiger partial charge is 0.497 e. The summed E-state index contributed by atoms with van der Waals surface area (Å²) in [6.07, 6.45) is 1.66. The van der Waals surface area contributed by atoms with Gasteiger partial charge in [0.1, 0.15) is 11.5 Å². The number of H-pyrrole nitrogens is 2. The molecule has 0 spiro atoms. The van der Waals surface area contributed by atoms with Crippen molar-refractivity contribution in [1.82, 2.24) is 9.97 Å². The topological polar surface area (TPSA) is 84.2 Å². The Balaban J connectivity index is 2.38. The first-order valence-corrected chi connectivity index (χ1v) is 9.38. The minimum absolute atomic E-state index is 0.306. The maximum absolute atomic E-state index is 11.6. The third-order valence-corrected chi connectivity index (χ3v) is 5.84. The highest BCUT2D eigenvalue weighted by molar-refractivity contribution is 5.78. The van der Waals surface area contributed by atoms with Gasteiger partial charge in [0.15, 0.2) is 12.6 Å². The molecule has 29 heavy (non-hydrogen) atoms. The van der Waals surface area contributed by atoms with Gasteiger partial charge >= 0.3 is 0 Å². The molecular weight excluding hydrogens is 368 g/mol. The molecule has 2 aromatic heterocycles.